The Morgan fingerprint density at radius 2 is 1.76 bits per heavy atom. The molecule has 1 fully saturated rings. The minimum Gasteiger partial charge on any atom is -0.421 e. The summed E-state index contributed by atoms with van der Waals surface area (Å²) in [6.07, 6.45) is 1.98. The second kappa shape index (κ2) is 6.46. The third kappa shape index (κ3) is 2.60. The molecule has 3 atom stereocenters. The van der Waals surface area contributed by atoms with E-state index >= 15 is 0 Å². The molecule has 2 aliphatic rings. The Balaban J connectivity index is 1.55. The third-order valence-corrected chi connectivity index (χ3v) is 6.37. The molecule has 4 heteroatoms. The molecule has 29 heavy (non-hydrogen) atoms. The fourth-order valence-electron chi connectivity index (χ4n) is 5.04. The lowest BCUT2D eigenvalue weighted by Gasteiger charge is -2.43. The number of hydrogen-bond acceptors (Lipinski definition) is 4. The van der Waals surface area contributed by atoms with Crippen LogP contribution in [0, 0.1) is 5.92 Å². The van der Waals surface area contributed by atoms with Gasteiger partial charge in [0.05, 0.1) is 12.1 Å². The highest BCUT2D eigenvalue weighted by Crippen LogP contribution is 2.50. The molecule has 0 bridgehead atoms. The van der Waals surface area contributed by atoms with Crippen molar-refractivity contribution in [1.29, 1.82) is 0 Å². The summed E-state index contributed by atoms with van der Waals surface area (Å²) in [6.45, 7) is 0.722. The van der Waals surface area contributed by atoms with Crippen molar-refractivity contribution in [1.82, 2.24) is 0 Å². The van der Waals surface area contributed by atoms with Crippen LogP contribution in [0.25, 0.3) is 21.7 Å². The van der Waals surface area contributed by atoms with Gasteiger partial charge in [-0.3, -0.25) is 0 Å². The van der Waals surface area contributed by atoms with Crippen LogP contribution >= 0.6 is 0 Å². The van der Waals surface area contributed by atoms with Gasteiger partial charge in [0.25, 0.3) is 0 Å². The summed E-state index contributed by atoms with van der Waals surface area (Å²) in [6, 6.07) is 22.7. The topological polar surface area (TPSA) is 51.5 Å². The number of hydrogen-bond donors (Lipinski definition) is 1. The molecule has 0 amide bonds. The van der Waals surface area contributed by atoms with E-state index in [2.05, 4.69) is 47.8 Å². The maximum absolute atomic E-state index is 12.9. The van der Waals surface area contributed by atoms with Gasteiger partial charge in [-0.05, 0) is 41.3 Å². The zero-order chi connectivity index (χ0) is 19.4. The van der Waals surface area contributed by atoms with Crippen molar-refractivity contribution in [2.75, 3.05) is 11.9 Å². The van der Waals surface area contributed by atoms with Crippen LogP contribution in [0.2, 0.25) is 0 Å². The van der Waals surface area contributed by atoms with Crippen molar-refractivity contribution in [3.05, 3.63) is 88.3 Å². The third-order valence-electron chi connectivity index (χ3n) is 6.37. The van der Waals surface area contributed by atoms with Crippen LogP contribution in [0.15, 0.2) is 75.9 Å². The molecule has 0 saturated carbocycles. The van der Waals surface area contributed by atoms with Crippen LogP contribution in [0.4, 0.5) is 5.69 Å². The van der Waals surface area contributed by atoms with Crippen LogP contribution in [0.3, 0.4) is 0 Å². The van der Waals surface area contributed by atoms with Crippen LogP contribution in [-0.4, -0.2) is 6.61 Å². The van der Waals surface area contributed by atoms with E-state index in [-0.39, 0.29) is 23.7 Å². The number of benzene rings is 3. The number of nitrogens with one attached hydrogen (secondary N) is 1. The Morgan fingerprint density at radius 1 is 0.931 bits per heavy atom. The van der Waals surface area contributed by atoms with Gasteiger partial charge >= 0.3 is 5.63 Å². The second-order valence-corrected chi connectivity index (χ2v) is 8.00. The lowest BCUT2D eigenvalue weighted by molar-refractivity contribution is -0.0375. The highest BCUT2D eigenvalue weighted by molar-refractivity contribution is 5.86. The van der Waals surface area contributed by atoms with Gasteiger partial charge in [0, 0.05) is 23.5 Å². The fraction of sp³-hybridized carbons (Fsp3) is 0.240. The summed E-state index contributed by atoms with van der Waals surface area (Å²) in [7, 11) is 0. The van der Waals surface area contributed by atoms with Crippen molar-refractivity contribution < 1.29 is 9.15 Å². The molecule has 0 spiro atoms. The molecule has 4 nitrogen and oxygen atoms in total. The normalized spacial score (nSPS) is 23.4. The highest BCUT2D eigenvalue weighted by Gasteiger charge is 2.42. The Hall–Kier alpha value is -3.11. The number of rotatable bonds is 1. The average molecular weight is 383 g/mol. The van der Waals surface area contributed by atoms with Crippen molar-refractivity contribution in [3.63, 3.8) is 0 Å². The van der Waals surface area contributed by atoms with Gasteiger partial charge in [0.15, 0.2) is 0 Å². The lowest BCUT2D eigenvalue weighted by Crippen LogP contribution is -2.38. The molecule has 2 aliphatic heterocycles. The van der Waals surface area contributed by atoms with Crippen molar-refractivity contribution >= 4 is 27.4 Å². The van der Waals surface area contributed by atoms with Gasteiger partial charge in [0.1, 0.15) is 11.3 Å². The molecule has 3 aromatic carbocycles. The average Bonchev–Trinajstić information content (AvgIpc) is 2.78. The van der Waals surface area contributed by atoms with Crippen LogP contribution in [0.5, 0.6) is 0 Å². The van der Waals surface area contributed by atoms with Crippen LogP contribution in [-0.2, 0) is 4.74 Å². The van der Waals surface area contributed by atoms with E-state index in [0.717, 1.165) is 30.4 Å². The summed E-state index contributed by atoms with van der Waals surface area (Å²) in [5, 5.41) is 6.93. The fourth-order valence-corrected chi connectivity index (χ4v) is 5.04. The summed E-state index contributed by atoms with van der Waals surface area (Å²) in [5.74, 6) is 0.266. The smallest absolute Gasteiger partial charge is 0.360 e. The molecule has 144 valence electrons. The number of anilines is 1. The molecule has 0 aliphatic carbocycles. The van der Waals surface area contributed by atoms with E-state index in [1.807, 2.05) is 24.3 Å². The molecule has 0 radical (unpaired) electrons. The molecule has 1 saturated heterocycles. The van der Waals surface area contributed by atoms with E-state index in [4.69, 9.17) is 9.15 Å². The first kappa shape index (κ1) is 16.8. The molecule has 6 rings (SSSR count). The molecule has 3 heterocycles. The van der Waals surface area contributed by atoms with E-state index < -0.39 is 0 Å². The standard InChI is InChI=1S/C25H21NO3/c27-25-23-21(18-8-3-4-10-20(18)29-25)24-19(9-5-13-28-24)22(26-23)17-12-11-15-6-1-2-7-16(15)14-17/h1-4,6-8,10-12,14,19,22,24,26H,5,9,13H2/t19-,22-,24-/m0/s1. The monoisotopic (exact) mass is 383 g/mol. The van der Waals surface area contributed by atoms with E-state index in [9.17, 15) is 4.79 Å². The Bertz CT molecular complexity index is 1290. The van der Waals surface area contributed by atoms with Gasteiger partial charge < -0.3 is 14.5 Å². The maximum Gasteiger partial charge on any atom is 0.360 e. The molecular formula is C25H21NO3. The summed E-state index contributed by atoms with van der Waals surface area (Å²) < 4.78 is 11.9. The van der Waals surface area contributed by atoms with Crippen LogP contribution < -0.4 is 10.9 Å². The Kier molecular flexibility index (Phi) is 3.74. The summed E-state index contributed by atoms with van der Waals surface area (Å²) >= 11 is 0. The zero-order valence-electron chi connectivity index (χ0n) is 15.9. The molecular weight excluding hydrogens is 362 g/mol. The molecule has 1 aromatic heterocycles. The van der Waals surface area contributed by atoms with Crippen LogP contribution in [0.1, 0.15) is 36.1 Å². The Labute approximate surface area is 168 Å². The van der Waals surface area contributed by atoms with Gasteiger partial charge in [-0.2, -0.15) is 0 Å². The first-order chi connectivity index (χ1) is 14.3. The number of para-hydroxylation sites is 1. The van der Waals surface area contributed by atoms with Gasteiger partial charge in [-0.15, -0.1) is 0 Å². The quantitative estimate of drug-likeness (QED) is 0.436. The lowest BCUT2D eigenvalue weighted by atomic mass is 9.77. The first-order valence-electron chi connectivity index (χ1n) is 10.2. The van der Waals surface area contributed by atoms with Crippen molar-refractivity contribution in [2.45, 2.75) is 25.0 Å². The maximum atomic E-state index is 12.9. The first-order valence-corrected chi connectivity index (χ1v) is 10.2. The number of ether oxygens (including phenoxy) is 1. The number of fused-ring (bicyclic) bond motifs is 6. The summed E-state index contributed by atoms with van der Waals surface area (Å²) in [5.41, 5.74) is 2.98. The second-order valence-electron chi connectivity index (χ2n) is 8.00. The van der Waals surface area contributed by atoms with Crippen molar-refractivity contribution in [3.8, 4) is 0 Å². The highest BCUT2D eigenvalue weighted by atomic mass is 16.5. The minimum absolute atomic E-state index is 0.0152. The molecule has 4 aromatic rings. The van der Waals surface area contributed by atoms with E-state index in [0.29, 0.717) is 11.3 Å². The predicted octanol–water partition coefficient (Wildman–Crippen LogP) is 5.58. The molecule has 0 unspecified atom stereocenters. The predicted molar refractivity (Wildman–Crippen MR) is 114 cm³/mol. The van der Waals surface area contributed by atoms with E-state index in [1.54, 1.807) is 0 Å². The zero-order valence-corrected chi connectivity index (χ0v) is 15.9. The van der Waals surface area contributed by atoms with Gasteiger partial charge in [-0.1, -0.05) is 54.6 Å². The SMILES string of the molecule is O=c1oc2ccccc2c2c1N[C@@H](c1ccc3ccccc3c1)[C@@H]1CCCO[C@H]21. The van der Waals surface area contributed by atoms with E-state index in [1.165, 1.54) is 16.3 Å². The Morgan fingerprint density at radius 3 is 2.69 bits per heavy atom. The minimum atomic E-state index is -0.322. The summed E-state index contributed by atoms with van der Waals surface area (Å²) in [4.78, 5) is 12.9. The molecule has 1 N–H and O–H groups in total. The van der Waals surface area contributed by atoms with Gasteiger partial charge in [0.2, 0.25) is 0 Å². The largest absolute Gasteiger partial charge is 0.421 e. The van der Waals surface area contributed by atoms with Crippen molar-refractivity contribution in [2.24, 2.45) is 5.92 Å². The van der Waals surface area contributed by atoms with Gasteiger partial charge in [-0.25, -0.2) is 4.79 Å².